The highest BCUT2D eigenvalue weighted by molar-refractivity contribution is 5.89. The SMILES string of the molecule is CCCn1ncnc1C(C)NC(=O)Nc1ccc(C)c(OC)c1. The van der Waals surface area contributed by atoms with Gasteiger partial charge in [-0.15, -0.1) is 0 Å². The van der Waals surface area contributed by atoms with Gasteiger partial charge in [0.1, 0.15) is 17.9 Å². The van der Waals surface area contributed by atoms with Gasteiger partial charge in [0.05, 0.1) is 13.2 Å². The number of aryl methyl sites for hydroxylation is 2. The largest absolute Gasteiger partial charge is 0.496 e. The molecule has 0 aliphatic rings. The summed E-state index contributed by atoms with van der Waals surface area (Å²) in [4.78, 5) is 16.4. The van der Waals surface area contributed by atoms with Crippen LogP contribution in [0.2, 0.25) is 0 Å². The summed E-state index contributed by atoms with van der Waals surface area (Å²) in [5.74, 6) is 1.47. The number of amides is 2. The van der Waals surface area contributed by atoms with Crippen LogP contribution in [0.1, 0.15) is 37.7 Å². The van der Waals surface area contributed by atoms with E-state index >= 15 is 0 Å². The highest BCUT2D eigenvalue weighted by Gasteiger charge is 2.15. The van der Waals surface area contributed by atoms with Crippen LogP contribution in [0, 0.1) is 6.92 Å². The average molecular weight is 317 g/mol. The van der Waals surface area contributed by atoms with Gasteiger partial charge in [0, 0.05) is 18.3 Å². The lowest BCUT2D eigenvalue weighted by molar-refractivity contribution is 0.248. The Labute approximate surface area is 136 Å². The van der Waals surface area contributed by atoms with Crippen LogP contribution < -0.4 is 15.4 Å². The van der Waals surface area contributed by atoms with Gasteiger partial charge in [-0.25, -0.2) is 14.5 Å². The first-order chi connectivity index (χ1) is 11.0. The smallest absolute Gasteiger partial charge is 0.319 e. The van der Waals surface area contributed by atoms with Crippen LogP contribution in [0.5, 0.6) is 5.75 Å². The summed E-state index contributed by atoms with van der Waals surface area (Å²) < 4.78 is 7.06. The van der Waals surface area contributed by atoms with E-state index in [0.29, 0.717) is 5.69 Å². The molecule has 0 radical (unpaired) electrons. The lowest BCUT2D eigenvalue weighted by Crippen LogP contribution is -2.32. The maximum Gasteiger partial charge on any atom is 0.319 e. The summed E-state index contributed by atoms with van der Waals surface area (Å²) in [6.07, 6.45) is 2.46. The number of benzene rings is 1. The van der Waals surface area contributed by atoms with E-state index in [1.807, 2.05) is 26.0 Å². The van der Waals surface area contributed by atoms with E-state index in [2.05, 4.69) is 27.6 Å². The number of urea groups is 1. The number of methoxy groups -OCH3 is 1. The molecular weight excluding hydrogens is 294 g/mol. The van der Waals surface area contributed by atoms with Crippen molar-refractivity contribution in [2.24, 2.45) is 0 Å². The number of hydrogen-bond acceptors (Lipinski definition) is 4. The number of rotatable bonds is 6. The van der Waals surface area contributed by atoms with Gasteiger partial charge >= 0.3 is 6.03 Å². The Hall–Kier alpha value is -2.57. The molecule has 124 valence electrons. The second-order valence-corrected chi connectivity index (χ2v) is 5.35. The molecule has 1 aromatic carbocycles. The molecule has 1 unspecified atom stereocenters. The Morgan fingerprint density at radius 1 is 1.43 bits per heavy atom. The summed E-state index contributed by atoms with van der Waals surface area (Å²) in [5.41, 5.74) is 1.69. The Balaban J connectivity index is 2.00. The minimum atomic E-state index is -0.297. The molecule has 0 bridgehead atoms. The predicted molar refractivity (Wildman–Crippen MR) is 88.6 cm³/mol. The summed E-state index contributed by atoms with van der Waals surface area (Å²) in [6.45, 7) is 6.68. The van der Waals surface area contributed by atoms with E-state index in [1.54, 1.807) is 17.9 Å². The average Bonchev–Trinajstić information content (AvgIpc) is 2.98. The predicted octanol–water partition coefficient (Wildman–Crippen LogP) is 2.89. The molecule has 2 amide bonds. The maximum absolute atomic E-state index is 12.2. The third-order valence-electron chi connectivity index (χ3n) is 3.48. The Morgan fingerprint density at radius 2 is 2.22 bits per heavy atom. The fourth-order valence-electron chi connectivity index (χ4n) is 2.32. The highest BCUT2D eigenvalue weighted by atomic mass is 16.5. The van der Waals surface area contributed by atoms with Crippen LogP contribution in [-0.4, -0.2) is 27.9 Å². The number of aromatic nitrogens is 3. The molecule has 1 aromatic heterocycles. The first kappa shape index (κ1) is 16.8. The van der Waals surface area contributed by atoms with Gasteiger partial charge in [-0.3, -0.25) is 0 Å². The van der Waals surface area contributed by atoms with Gasteiger partial charge in [0.25, 0.3) is 0 Å². The molecule has 0 aliphatic carbocycles. The minimum Gasteiger partial charge on any atom is -0.496 e. The minimum absolute atomic E-state index is 0.239. The summed E-state index contributed by atoms with van der Waals surface area (Å²) >= 11 is 0. The molecular formula is C16H23N5O2. The van der Waals surface area contributed by atoms with Crippen molar-refractivity contribution < 1.29 is 9.53 Å². The molecule has 0 spiro atoms. The van der Waals surface area contributed by atoms with Crippen LogP contribution >= 0.6 is 0 Å². The van der Waals surface area contributed by atoms with Crippen molar-refractivity contribution in [1.29, 1.82) is 0 Å². The summed E-state index contributed by atoms with van der Waals surface area (Å²) in [6, 6.07) is 4.99. The molecule has 7 heteroatoms. The van der Waals surface area contributed by atoms with Crippen LogP contribution in [0.3, 0.4) is 0 Å². The Bertz CT molecular complexity index is 668. The maximum atomic E-state index is 12.2. The van der Waals surface area contributed by atoms with Gasteiger partial charge in [0.2, 0.25) is 0 Å². The van der Waals surface area contributed by atoms with E-state index in [9.17, 15) is 4.79 Å². The highest BCUT2D eigenvalue weighted by Crippen LogP contribution is 2.22. The molecule has 2 aromatic rings. The van der Waals surface area contributed by atoms with Crippen molar-refractivity contribution in [1.82, 2.24) is 20.1 Å². The zero-order chi connectivity index (χ0) is 16.8. The number of hydrogen-bond donors (Lipinski definition) is 2. The molecule has 7 nitrogen and oxygen atoms in total. The van der Waals surface area contributed by atoms with Gasteiger partial charge in [-0.05, 0) is 31.9 Å². The van der Waals surface area contributed by atoms with Crippen molar-refractivity contribution in [3.8, 4) is 5.75 Å². The van der Waals surface area contributed by atoms with Crippen LogP contribution in [0.15, 0.2) is 24.5 Å². The fraction of sp³-hybridized carbons (Fsp3) is 0.438. The molecule has 0 fully saturated rings. The van der Waals surface area contributed by atoms with E-state index < -0.39 is 0 Å². The van der Waals surface area contributed by atoms with Crippen LogP contribution in [0.25, 0.3) is 0 Å². The first-order valence-electron chi connectivity index (χ1n) is 7.65. The normalized spacial score (nSPS) is 11.8. The molecule has 2 N–H and O–H groups in total. The van der Waals surface area contributed by atoms with Crippen LogP contribution in [0.4, 0.5) is 10.5 Å². The van der Waals surface area contributed by atoms with Gasteiger partial charge < -0.3 is 15.4 Å². The van der Waals surface area contributed by atoms with E-state index in [-0.39, 0.29) is 12.1 Å². The second-order valence-electron chi connectivity index (χ2n) is 5.35. The lowest BCUT2D eigenvalue weighted by atomic mass is 10.2. The van der Waals surface area contributed by atoms with Crippen molar-refractivity contribution in [3.05, 3.63) is 35.9 Å². The van der Waals surface area contributed by atoms with Crippen molar-refractivity contribution in [2.45, 2.75) is 39.8 Å². The Morgan fingerprint density at radius 3 is 2.91 bits per heavy atom. The molecule has 1 atom stereocenters. The molecule has 0 aliphatic heterocycles. The number of nitrogens with zero attached hydrogens (tertiary/aromatic N) is 3. The number of carbonyl (C=O) groups excluding carboxylic acids is 1. The number of anilines is 1. The monoisotopic (exact) mass is 317 g/mol. The molecule has 1 heterocycles. The quantitative estimate of drug-likeness (QED) is 0.858. The summed E-state index contributed by atoms with van der Waals surface area (Å²) in [5, 5.41) is 9.84. The number of nitrogens with one attached hydrogen (secondary N) is 2. The third kappa shape index (κ3) is 4.21. The van der Waals surface area contributed by atoms with Crippen molar-refractivity contribution in [2.75, 3.05) is 12.4 Å². The van der Waals surface area contributed by atoms with Gasteiger partial charge in [0.15, 0.2) is 0 Å². The van der Waals surface area contributed by atoms with E-state index in [0.717, 1.165) is 30.1 Å². The molecule has 23 heavy (non-hydrogen) atoms. The van der Waals surface area contributed by atoms with Gasteiger partial charge in [-0.2, -0.15) is 5.10 Å². The number of ether oxygens (including phenoxy) is 1. The van der Waals surface area contributed by atoms with E-state index in [1.165, 1.54) is 6.33 Å². The third-order valence-corrected chi connectivity index (χ3v) is 3.48. The first-order valence-corrected chi connectivity index (χ1v) is 7.65. The van der Waals surface area contributed by atoms with Crippen molar-refractivity contribution >= 4 is 11.7 Å². The summed E-state index contributed by atoms with van der Waals surface area (Å²) in [7, 11) is 1.61. The topological polar surface area (TPSA) is 81.1 Å². The van der Waals surface area contributed by atoms with E-state index in [4.69, 9.17) is 4.74 Å². The lowest BCUT2D eigenvalue weighted by Gasteiger charge is -2.15. The molecule has 0 saturated carbocycles. The zero-order valence-electron chi connectivity index (χ0n) is 14.0. The zero-order valence-corrected chi connectivity index (χ0v) is 14.0. The Kier molecular flexibility index (Phi) is 5.56. The van der Waals surface area contributed by atoms with Crippen LogP contribution in [-0.2, 0) is 6.54 Å². The van der Waals surface area contributed by atoms with Gasteiger partial charge in [-0.1, -0.05) is 13.0 Å². The standard InChI is InChI=1S/C16H23N5O2/c1-5-8-21-15(17-10-18-21)12(3)19-16(22)20-13-7-6-11(2)14(9-13)23-4/h6-7,9-10,12H,5,8H2,1-4H3,(H2,19,20,22). The van der Waals surface area contributed by atoms with Crippen molar-refractivity contribution in [3.63, 3.8) is 0 Å². The molecule has 2 rings (SSSR count). The fourth-order valence-corrected chi connectivity index (χ4v) is 2.32. The second kappa shape index (κ2) is 7.62. The molecule has 0 saturated heterocycles. The number of carbonyl (C=O) groups is 1.